The van der Waals surface area contributed by atoms with Crippen LogP contribution in [0.1, 0.15) is 24.0 Å². The normalized spacial score (nSPS) is 14.6. The van der Waals surface area contributed by atoms with Crippen molar-refractivity contribution in [3.63, 3.8) is 0 Å². The van der Waals surface area contributed by atoms with Crippen LogP contribution in [-0.2, 0) is 11.3 Å². The molecule has 110 valence electrons. The number of methoxy groups -OCH3 is 2. The van der Waals surface area contributed by atoms with Gasteiger partial charge in [0.15, 0.2) is 0 Å². The van der Waals surface area contributed by atoms with E-state index in [0.29, 0.717) is 17.4 Å². The number of nitrogen functional groups attached to an aromatic ring is 1. The summed E-state index contributed by atoms with van der Waals surface area (Å²) in [6.07, 6.45) is 2.53. The van der Waals surface area contributed by atoms with E-state index in [4.69, 9.17) is 20.6 Å². The lowest BCUT2D eigenvalue weighted by molar-refractivity contribution is 0.139. The minimum Gasteiger partial charge on any atom is -0.496 e. The number of rotatable bonds is 8. The van der Waals surface area contributed by atoms with Gasteiger partial charge in [0.05, 0.1) is 19.3 Å². The minimum absolute atomic E-state index is 0.0403. The van der Waals surface area contributed by atoms with E-state index in [1.54, 1.807) is 14.2 Å². The molecule has 1 fully saturated rings. The lowest BCUT2D eigenvalue weighted by atomic mass is 10.1. The topological polar surface area (TPSA) is 71.6 Å². The van der Waals surface area contributed by atoms with Crippen LogP contribution in [0.2, 0.25) is 0 Å². The standard InChI is InChI=1S/C15H23N3O2/c1-19-8-7-18(12-4-5-12)10-11-3-6-14(20-2)13(9-11)15(16)17/h3,6,9,12H,4-5,7-8,10H2,1-2H3,(H3,16,17). The third-order valence-electron chi connectivity index (χ3n) is 3.59. The van der Waals surface area contributed by atoms with Crippen LogP contribution >= 0.6 is 0 Å². The summed E-state index contributed by atoms with van der Waals surface area (Å²) in [5, 5.41) is 7.63. The molecule has 1 aliphatic rings. The Labute approximate surface area is 120 Å². The van der Waals surface area contributed by atoms with Gasteiger partial charge in [-0.1, -0.05) is 6.07 Å². The van der Waals surface area contributed by atoms with E-state index in [2.05, 4.69) is 4.90 Å². The summed E-state index contributed by atoms with van der Waals surface area (Å²) in [7, 11) is 3.32. The molecule has 0 aliphatic heterocycles. The Bertz CT molecular complexity index is 472. The molecule has 1 saturated carbocycles. The van der Waals surface area contributed by atoms with E-state index >= 15 is 0 Å². The number of amidine groups is 1. The zero-order valence-corrected chi connectivity index (χ0v) is 12.2. The van der Waals surface area contributed by atoms with Crippen LogP contribution in [-0.4, -0.2) is 44.1 Å². The van der Waals surface area contributed by atoms with Gasteiger partial charge in [-0.25, -0.2) is 0 Å². The summed E-state index contributed by atoms with van der Waals surface area (Å²) in [5.41, 5.74) is 7.42. The van der Waals surface area contributed by atoms with Gasteiger partial charge in [0.1, 0.15) is 11.6 Å². The number of ether oxygens (including phenoxy) is 2. The summed E-state index contributed by atoms with van der Waals surface area (Å²) in [6.45, 7) is 2.53. The number of nitrogens with one attached hydrogen (secondary N) is 1. The highest BCUT2D eigenvalue weighted by atomic mass is 16.5. The molecule has 5 nitrogen and oxygen atoms in total. The van der Waals surface area contributed by atoms with Gasteiger partial charge in [-0.3, -0.25) is 10.3 Å². The van der Waals surface area contributed by atoms with Crippen LogP contribution in [0.4, 0.5) is 0 Å². The van der Waals surface area contributed by atoms with E-state index in [0.717, 1.165) is 25.3 Å². The molecule has 3 N–H and O–H groups in total. The predicted octanol–water partition coefficient (Wildman–Crippen LogP) is 1.59. The van der Waals surface area contributed by atoms with Gasteiger partial charge in [-0.05, 0) is 30.5 Å². The highest BCUT2D eigenvalue weighted by Crippen LogP contribution is 2.29. The zero-order valence-electron chi connectivity index (χ0n) is 12.2. The number of nitrogens with zero attached hydrogens (tertiary/aromatic N) is 1. The number of hydrogen-bond donors (Lipinski definition) is 2. The Morgan fingerprint density at radius 2 is 2.15 bits per heavy atom. The average Bonchev–Trinajstić information content (AvgIpc) is 3.27. The molecule has 5 heteroatoms. The maximum absolute atomic E-state index is 7.63. The Morgan fingerprint density at radius 1 is 1.40 bits per heavy atom. The molecule has 1 aromatic carbocycles. The van der Waals surface area contributed by atoms with Crippen molar-refractivity contribution in [2.24, 2.45) is 5.73 Å². The van der Waals surface area contributed by atoms with Gasteiger partial charge in [-0.2, -0.15) is 0 Å². The van der Waals surface area contributed by atoms with Crippen LogP contribution in [0.25, 0.3) is 0 Å². The first kappa shape index (κ1) is 14.8. The SMILES string of the molecule is COCCN(Cc1ccc(OC)c(C(=N)N)c1)C1CC1. The van der Waals surface area contributed by atoms with Crippen LogP contribution in [0.3, 0.4) is 0 Å². The predicted molar refractivity (Wildman–Crippen MR) is 79.3 cm³/mol. The molecule has 0 atom stereocenters. The summed E-state index contributed by atoms with van der Waals surface area (Å²) < 4.78 is 10.4. The molecule has 0 radical (unpaired) electrons. The third kappa shape index (κ3) is 3.71. The molecule has 0 amide bonds. The van der Waals surface area contributed by atoms with Crippen molar-refractivity contribution < 1.29 is 9.47 Å². The van der Waals surface area contributed by atoms with Crippen molar-refractivity contribution in [2.75, 3.05) is 27.4 Å². The van der Waals surface area contributed by atoms with Crippen molar-refractivity contribution >= 4 is 5.84 Å². The van der Waals surface area contributed by atoms with Crippen molar-refractivity contribution in [3.05, 3.63) is 29.3 Å². The first-order valence-electron chi connectivity index (χ1n) is 6.90. The second-order valence-electron chi connectivity index (χ2n) is 5.14. The van der Waals surface area contributed by atoms with E-state index in [1.165, 1.54) is 12.8 Å². The van der Waals surface area contributed by atoms with Gasteiger partial charge in [0.2, 0.25) is 0 Å². The molecule has 0 aromatic heterocycles. The third-order valence-corrected chi connectivity index (χ3v) is 3.59. The maximum atomic E-state index is 7.63. The van der Waals surface area contributed by atoms with E-state index < -0.39 is 0 Å². The fourth-order valence-electron chi connectivity index (χ4n) is 2.34. The second-order valence-corrected chi connectivity index (χ2v) is 5.14. The molecular formula is C15H23N3O2. The lowest BCUT2D eigenvalue weighted by Gasteiger charge is -2.22. The largest absolute Gasteiger partial charge is 0.496 e. The Balaban J connectivity index is 2.11. The Hall–Kier alpha value is -1.59. The second kappa shape index (κ2) is 6.72. The highest BCUT2D eigenvalue weighted by molar-refractivity contribution is 5.97. The molecule has 2 rings (SSSR count). The first-order valence-corrected chi connectivity index (χ1v) is 6.90. The van der Waals surface area contributed by atoms with Gasteiger partial charge < -0.3 is 15.2 Å². The van der Waals surface area contributed by atoms with Crippen molar-refractivity contribution in [3.8, 4) is 5.75 Å². The molecule has 20 heavy (non-hydrogen) atoms. The lowest BCUT2D eigenvalue weighted by Crippen LogP contribution is -2.29. The fraction of sp³-hybridized carbons (Fsp3) is 0.533. The molecular weight excluding hydrogens is 254 g/mol. The highest BCUT2D eigenvalue weighted by Gasteiger charge is 2.28. The summed E-state index contributed by atoms with van der Waals surface area (Å²) >= 11 is 0. The fourth-order valence-corrected chi connectivity index (χ4v) is 2.34. The van der Waals surface area contributed by atoms with Crippen LogP contribution in [0.5, 0.6) is 5.75 Å². The molecule has 0 saturated heterocycles. The van der Waals surface area contributed by atoms with Gasteiger partial charge in [-0.15, -0.1) is 0 Å². The summed E-state index contributed by atoms with van der Waals surface area (Å²) in [5.74, 6) is 0.690. The monoisotopic (exact) mass is 277 g/mol. The smallest absolute Gasteiger partial charge is 0.129 e. The Morgan fingerprint density at radius 3 is 2.70 bits per heavy atom. The van der Waals surface area contributed by atoms with Crippen LogP contribution in [0.15, 0.2) is 18.2 Å². The van der Waals surface area contributed by atoms with E-state index in [9.17, 15) is 0 Å². The van der Waals surface area contributed by atoms with Crippen molar-refractivity contribution in [1.82, 2.24) is 4.90 Å². The quantitative estimate of drug-likeness (QED) is 0.559. The van der Waals surface area contributed by atoms with Gasteiger partial charge in [0, 0.05) is 26.2 Å². The van der Waals surface area contributed by atoms with Gasteiger partial charge >= 0.3 is 0 Å². The maximum Gasteiger partial charge on any atom is 0.129 e. The van der Waals surface area contributed by atoms with Crippen molar-refractivity contribution in [2.45, 2.75) is 25.4 Å². The molecule has 0 spiro atoms. The molecule has 0 bridgehead atoms. The van der Waals surface area contributed by atoms with E-state index in [-0.39, 0.29) is 5.84 Å². The Kier molecular flexibility index (Phi) is 4.98. The zero-order chi connectivity index (χ0) is 14.5. The molecule has 0 unspecified atom stereocenters. The molecule has 1 aromatic rings. The molecule has 1 aliphatic carbocycles. The average molecular weight is 277 g/mol. The number of hydrogen-bond acceptors (Lipinski definition) is 4. The number of benzene rings is 1. The van der Waals surface area contributed by atoms with Crippen LogP contribution < -0.4 is 10.5 Å². The first-order chi connectivity index (χ1) is 9.65. The van der Waals surface area contributed by atoms with Gasteiger partial charge in [0.25, 0.3) is 0 Å². The summed E-state index contributed by atoms with van der Waals surface area (Å²) in [6, 6.07) is 6.54. The van der Waals surface area contributed by atoms with Crippen molar-refractivity contribution in [1.29, 1.82) is 5.41 Å². The van der Waals surface area contributed by atoms with Crippen LogP contribution in [0, 0.1) is 5.41 Å². The summed E-state index contributed by atoms with van der Waals surface area (Å²) in [4.78, 5) is 2.43. The molecule has 0 heterocycles. The minimum atomic E-state index is 0.0403. The van der Waals surface area contributed by atoms with E-state index in [1.807, 2.05) is 18.2 Å². The number of nitrogens with two attached hydrogens (primary N) is 1.